The zero-order valence-corrected chi connectivity index (χ0v) is 48.0. The van der Waals surface area contributed by atoms with E-state index in [0.29, 0.717) is 41.8 Å². The third-order valence-corrected chi connectivity index (χ3v) is 17.7. The smallest absolute Gasteiger partial charge is 0.292 e. The molecule has 7 rings (SSSR count). The van der Waals surface area contributed by atoms with E-state index in [1.807, 2.05) is 55.2 Å². The van der Waals surface area contributed by atoms with E-state index >= 15 is 0 Å². The number of hydrogen-bond donors (Lipinski definition) is 0. The predicted molar refractivity (Wildman–Crippen MR) is 316 cm³/mol. The molecule has 0 heterocycles. The first kappa shape index (κ1) is 58.1. The van der Waals surface area contributed by atoms with E-state index in [-0.39, 0.29) is 16.2 Å². The van der Waals surface area contributed by atoms with Crippen molar-refractivity contribution in [3.63, 3.8) is 0 Å². The normalized spacial score (nSPS) is 20.1. The fourth-order valence-corrected chi connectivity index (χ4v) is 10.8. The van der Waals surface area contributed by atoms with E-state index < -0.39 is 10.8 Å². The van der Waals surface area contributed by atoms with Crippen LogP contribution < -0.4 is 10.4 Å². The number of fused-ring (bicyclic) bond motifs is 2. The molecule has 3 aromatic rings. The number of nitriles is 4. The highest BCUT2D eigenvalue weighted by atomic mass is 16.5. The SMILES string of the molecule is C=C/C(OC#N)=c1/cccc/c1=C/C=C(\C)C(C)(C)Cc1ccc(CC2=C(OC#N)C=C3C=C(OC#N)C(C)(C(C)(C)C(C)(C)Cc4ccc(CC5=CC=C6C(=CC5)C=CC(C)(C(C)C)C=C6OC#N)cc4)C=CC3=CC2)cc1. The van der Waals surface area contributed by atoms with Gasteiger partial charge in [0.1, 0.15) is 23.0 Å². The molecule has 0 aliphatic heterocycles. The lowest BCUT2D eigenvalue weighted by atomic mass is 9.52. The molecule has 0 amide bonds. The third kappa shape index (κ3) is 13.1. The predicted octanol–water partition coefficient (Wildman–Crippen LogP) is 15.6. The summed E-state index contributed by atoms with van der Waals surface area (Å²) >= 11 is 0. The van der Waals surface area contributed by atoms with E-state index in [1.165, 1.54) is 27.8 Å². The summed E-state index contributed by atoms with van der Waals surface area (Å²) in [5.74, 6) is 2.35. The molecule has 0 bridgehead atoms. The van der Waals surface area contributed by atoms with Crippen molar-refractivity contribution in [3.8, 4) is 25.0 Å². The van der Waals surface area contributed by atoms with Crippen LogP contribution in [0.4, 0.5) is 0 Å². The summed E-state index contributed by atoms with van der Waals surface area (Å²) in [5.41, 5.74) is 10.1. The Hall–Kier alpha value is -8.56. The van der Waals surface area contributed by atoms with Gasteiger partial charge in [0, 0.05) is 16.2 Å². The van der Waals surface area contributed by atoms with Crippen molar-refractivity contribution in [2.75, 3.05) is 0 Å². The van der Waals surface area contributed by atoms with Crippen LogP contribution in [0.15, 0.2) is 215 Å². The van der Waals surface area contributed by atoms with Crippen LogP contribution in [-0.4, -0.2) is 0 Å². The summed E-state index contributed by atoms with van der Waals surface area (Å²) in [6.45, 7) is 28.2. The minimum absolute atomic E-state index is 0.156. The highest BCUT2D eigenvalue weighted by molar-refractivity contribution is 5.58. The average Bonchev–Trinajstić information content (AvgIpc) is 3.96. The molecule has 79 heavy (non-hydrogen) atoms. The fourth-order valence-electron chi connectivity index (χ4n) is 10.8. The molecule has 4 aliphatic carbocycles. The van der Waals surface area contributed by atoms with E-state index in [4.69, 9.17) is 24.2 Å². The van der Waals surface area contributed by atoms with E-state index in [1.54, 1.807) is 12.3 Å². The van der Waals surface area contributed by atoms with Crippen molar-refractivity contribution in [3.05, 3.63) is 247 Å². The number of rotatable bonds is 18. The molecule has 0 aromatic heterocycles. The number of allylic oxidation sites excluding steroid dienone is 18. The molecule has 8 heteroatoms. The third-order valence-electron chi connectivity index (χ3n) is 17.7. The molecule has 2 unspecified atom stereocenters. The van der Waals surface area contributed by atoms with Gasteiger partial charge in [-0.3, -0.25) is 0 Å². The molecule has 3 aromatic carbocycles. The topological polar surface area (TPSA) is 132 Å². The zero-order chi connectivity index (χ0) is 57.2. The maximum absolute atomic E-state index is 10.2. The lowest BCUT2D eigenvalue weighted by Gasteiger charge is -2.52. The fraction of sp³-hybridized carbons (Fsp3) is 0.324. The molecule has 2 atom stereocenters. The first-order chi connectivity index (χ1) is 37.6. The van der Waals surface area contributed by atoms with Gasteiger partial charge in [0.15, 0.2) is 0 Å². The maximum Gasteiger partial charge on any atom is 0.292 e. The molecular weight excluding hydrogens is 973 g/mol. The molecular formula is C71H74N4O4. The number of nitrogens with zero attached hydrogens (tertiary/aromatic N) is 4. The van der Waals surface area contributed by atoms with E-state index in [9.17, 15) is 15.8 Å². The Morgan fingerprint density at radius 2 is 1.32 bits per heavy atom. The Balaban J connectivity index is 1.07. The van der Waals surface area contributed by atoms with Crippen LogP contribution in [0, 0.1) is 79.1 Å². The number of ether oxygens (including phenoxy) is 4. The second kappa shape index (κ2) is 24.4. The Labute approximate surface area is 469 Å². The summed E-state index contributed by atoms with van der Waals surface area (Å²) < 4.78 is 22.4. The van der Waals surface area contributed by atoms with Crippen LogP contribution in [-0.2, 0) is 44.6 Å². The maximum atomic E-state index is 10.2. The lowest BCUT2D eigenvalue weighted by Crippen LogP contribution is -2.47. The van der Waals surface area contributed by atoms with E-state index in [2.05, 4.69) is 198 Å². The van der Waals surface area contributed by atoms with Crippen molar-refractivity contribution in [2.24, 2.45) is 33.0 Å². The van der Waals surface area contributed by atoms with Crippen LogP contribution in [0.2, 0.25) is 0 Å². The van der Waals surface area contributed by atoms with Gasteiger partial charge in [-0.1, -0.05) is 214 Å². The minimum Gasteiger partial charge on any atom is -0.392 e. The van der Waals surface area contributed by atoms with Crippen molar-refractivity contribution >= 4 is 11.8 Å². The lowest BCUT2D eigenvalue weighted by molar-refractivity contribution is -0.000995. The second-order valence-corrected chi connectivity index (χ2v) is 23.8. The first-order valence-electron chi connectivity index (χ1n) is 27.2. The first-order valence-corrected chi connectivity index (χ1v) is 27.2. The second-order valence-electron chi connectivity index (χ2n) is 23.8. The van der Waals surface area contributed by atoms with Crippen LogP contribution in [0.1, 0.15) is 111 Å². The van der Waals surface area contributed by atoms with E-state index in [0.717, 1.165) is 69.5 Å². The van der Waals surface area contributed by atoms with Crippen molar-refractivity contribution in [1.29, 1.82) is 21.0 Å². The van der Waals surface area contributed by atoms with Gasteiger partial charge in [0.05, 0.1) is 5.41 Å². The highest BCUT2D eigenvalue weighted by Crippen LogP contribution is 2.58. The summed E-state index contributed by atoms with van der Waals surface area (Å²) in [7, 11) is 0. The molecule has 8 nitrogen and oxygen atoms in total. The standard InChI is InChI=1S/C71H74N4O4/c1-13-63(76-45-72)61-17-15-14-16-57(61)29-18-50(4)67(5,6)42-54-23-21-53(22-24-54)39-59-32-31-56-35-37-71(12,66(79-48-75)41-60(56)40-64(59)77-46-73)69(9,10)68(7,8)43-55-25-19-51(20-26-55)38-52-27-30-58-34-36-70(11,49(2)3)44-65(78-47-74)62(58)33-28-52/h13-26,28-31,33-37,40-41,44,49H,1,27,32,38-39,42-43H2,2-12H3/b50-18+,57-29-,63-61+. The number of hydrogen-bond acceptors (Lipinski definition) is 8. The highest BCUT2D eigenvalue weighted by Gasteiger charge is 2.53. The van der Waals surface area contributed by atoms with Crippen LogP contribution >= 0.6 is 0 Å². The van der Waals surface area contributed by atoms with Gasteiger partial charge < -0.3 is 18.9 Å². The molecule has 0 N–H and O–H groups in total. The minimum atomic E-state index is -0.722. The average molecular weight is 1050 g/mol. The monoisotopic (exact) mass is 1050 g/mol. The molecule has 0 saturated carbocycles. The largest absolute Gasteiger partial charge is 0.392 e. The molecule has 0 fully saturated rings. The zero-order valence-electron chi connectivity index (χ0n) is 48.0. The summed E-state index contributed by atoms with van der Waals surface area (Å²) in [4.78, 5) is 0. The van der Waals surface area contributed by atoms with Crippen LogP contribution in [0.3, 0.4) is 0 Å². The van der Waals surface area contributed by atoms with Gasteiger partial charge in [-0.2, -0.15) is 0 Å². The van der Waals surface area contributed by atoms with Gasteiger partial charge in [0.25, 0.3) is 25.0 Å². The Kier molecular flexibility index (Phi) is 18.0. The summed E-state index contributed by atoms with van der Waals surface area (Å²) in [5, 5.41) is 40.5. The van der Waals surface area contributed by atoms with Gasteiger partial charge in [0.2, 0.25) is 0 Å². The van der Waals surface area contributed by atoms with Crippen molar-refractivity contribution in [1.82, 2.24) is 0 Å². The molecule has 0 saturated heterocycles. The van der Waals surface area contributed by atoms with Gasteiger partial charge in [-0.25, -0.2) is 0 Å². The number of benzene rings is 3. The molecule has 0 radical (unpaired) electrons. The van der Waals surface area contributed by atoms with Crippen molar-refractivity contribution < 1.29 is 18.9 Å². The Bertz CT molecular complexity index is 3530. The Morgan fingerprint density at radius 1 is 0.696 bits per heavy atom. The van der Waals surface area contributed by atoms with Crippen LogP contribution in [0.25, 0.3) is 11.8 Å². The summed E-state index contributed by atoms with van der Waals surface area (Å²) in [6, 6.07) is 25.4. The molecule has 0 spiro atoms. The van der Waals surface area contributed by atoms with Crippen LogP contribution in [0.5, 0.6) is 0 Å². The van der Waals surface area contributed by atoms with Gasteiger partial charge in [-0.15, -0.1) is 21.0 Å². The quantitative estimate of drug-likeness (QED) is 0.115. The van der Waals surface area contributed by atoms with Gasteiger partial charge in [-0.05, 0) is 149 Å². The van der Waals surface area contributed by atoms with Crippen molar-refractivity contribution in [2.45, 2.75) is 115 Å². The van der Waals surface area contributed by atoms with Gasteiger partial charge >= 0.3 is 0 Å². The molecule has 4 aliphatic rings. The summed E-state index contributed by atoms with van der Waals surface area (Å²) in [6.07, 6.45) is 41.0. The Morgan fingerprint density at radius 3 is 1.96 bits per heavy atom. The molecule has 402 valence electrons.